The summed E-state index contributed by atoms with van der Waals surface area (Å²) in [4.78, 5) is 5.63. The lowest BCUT2D eigenvalue weighted by Gasteiger charge is -2.06. The normalized spacial score (nSPS) is 13.3. The van der Waals surface area contributed by atoms with E-state index in [1.807, 2.05) is 18.2 Å². The van der Waals surface area contributed by atoms with Crippen molar-refractivity contribution in [2.45, 2.75) is 19.8 Å². The fourth-order valence-electron chi connectivity index (χ4n) is 1.99. The number of aromatic nitrogens is 1. The lowest BCUT2D eigenvalue weighted by molar-refractivity contribution is 0.174. The highest BCUT2D eigenvalue weighted by molar-refractivity contribution is 7.15. The summed E-state index contributed by atoms with van der Waals surface area (Å²) < 4.78 is 10.7. The van der Waals surface area contributed by atoms with Crippen molar-refractivity contribution in [1.82, 2.24) is 4.98 Å². The maximum atomic E-state index is 5.82. The van der Waals surface area contributed by atoms with Crippen LogP contribution in [-0.4, -0.2) is 11.8 Å². The molecule has 0 fully saturated rings. The van der Waals surface area contributed by atoms with Crippen molar-refractivity contribution in [2.24, 2.45) is 0 Å². The van der Waals surface area contributed by atoms with Crippen LogP contribution in [0.4, 0.5) is 5.13 Å². The van der Waals surface area contributed by atoms with Crippen LogP contribution in [0.1, 0.15) is 24.6 Å². The average Bonchev–Trinajstić information content (AvgIpc) is 2.93. The number of anilines is 1. The van der Waals surface area contributed by atoms with Gasteiger partial charge in [-0.1, -0.05) is 13.8 Å². The minimum atomic E-state index is 0.287. The highest BCUT2D eigenvalue weighted by Crippen LogP contribution is 2.40. The van der Waals surface area contributed by atoms with Gasteiger partial charge in [0.1, 0.15) is 0 Å². The lowest BCUT2D eigenvalue weighted by atomic mass is 10.1. The van der Waals surface area contributed by atoms with Crippen LogP contribution >= 0.6 is 11.3 Å². The van der Waals surface area contributed by atoms with Gasteiger partial charge in [0.15, 0.2) is 16.6 Å². The second kappa shape index (κ2) is 4.17. The molecule has 0 aliphatic carbocycles. The molecule has 0 amide bonds. The second-order valence-electron chi connectivity index (χ2n) is 4.49. The Morgan fingerprint density at radius 1 is 1.28 bits per heavy atom. The fourth-order valence-corrected chi connectivity index (χ4v) is 2.85. The SMILES string of the molecule is CC(C)c1sc(N)nc1-c1ccc2c(c1)OCO2. The van der Waals surface area contributed by atoms with Crippen LogP contribution in [0.15, 0.2) is 18.2 Å². The number of hydrogen-bond donors (Lipinski definition) is 1. The minimum Gasteiger partial charge on any atom is -0.454 e. The first-order valence-electron chi connectivity index (χ1n) is 5.81. The van der Waals surface area contributed by atoms with E-state index in [-0.39, 0.29) is 6.79 Å². The summed E-state index contributed by atoms with van der Waals surface area (Å²) in [5.41, 5.74) is 7.79. The largest absolute Gasteiger partial charge is 0.454 e. The number of fused-ring (bicyclic) bond motifs is 1. The number of benzene rings is 1. The molecule has 1 aliphatic heterocycles. The monoisotopic (exact) mass is 262 g/mol. The van der Waals surface area contributed by atoms with E-state index in [0.717, 1.165) is 22.8 Å². The van der Waals surface area contributed by atoms with Gasteiger partial charge in [0.05, 0.1) is 5.69 Å². The van der Waals surface area contributed by atoms with Crippen molar-refractivity contribution in [1.29, 1.82) is 0 Å². The number of rotatable bonds is 2. The number of ether oxygens (including phenoxy) is 2. The molecule has 0 bridgehead atoms. The predicted molar refractivity (Wildman–Crippen MR) is 72.2 cm³/mol. The second-order valence-corrected chi connectivity index (χ2v) is 5.55. The zero-order chi connectivity index (χ0) is 12.7. The van der Waals surface area contributed by atoms with E-state index in [0.29, 0.717) is 11.0 Å². The van der Waals surface area contributed by atoms with Gasteiger partial charge in [-0.3, -0.25) is 0 Å². The average molecular weight is 262 g/mol. The van der Waals surface area contributed by atoms with Crippen LogP contribution < -0.4 is 15.2 Å². The van der Waals surface area contributed by atoms with Crippen molar-refractivity contribution >= 4 is 16.5 Å². The standard InChI is InChI=1S/C13H14N2O2S/c1-7(2)12-11(15-13(14)18-12)8-3-4-9-10(5-8)17-6-16-9/h3-5,7H,6H2,1-2H3,(H2,14,15). The Morgan fingerprint density at radius 3 is 2.83 bits per heavy atom. The van der Waals surface area contributed by atoms with Gasteiger partial charge in [0, 0.05) is 10.4 Å². The molecule has 4 nitrogen and oxygen atoms in total. The molecule has 0 saturated carbocycles. The molecule has 2 aromatic rings. The van der Waals surface area contributed by atoms with E-state index in [1.165, 1.54) is 4.88 Å². The summed E-state index contributed by atoms with van der Waals surface area (Å²) in [5, 5.41) is 0.603. The number of hydrogen-bond acceptors (Lipinski definition) is 5. The number of nitrogens with zero attached hydrogens (tertiary/aromatic N) is 1. The minimum absolute atomic E-state index is 0.287. The maximum Gasteiger partial charge on any atom is 0.231 e. The van der Waals surface area contributed by atoms with E-state index >= 15 is 0 Å². The third-order valence-electron chi connectivity index (χ3n) is 2.84. The quantitative estimate of drug-likeness (QED) is 0.902. The van der Waals surface area contributed by atoms with E-state index < -0.39 is 0 Å². The van der Waals surface area contributed by atoms with Crippen LogP contribution in [-0.2, 0) is 0 Å². The molecule has 18 heavy (non-hydrogen) atoms. The van der Waals surface area contributed by atoms with Crippen LogP contribution in [0, 0.1) is 0 Å². The highest BCUT2D eigenvalue weighted by atomic mass is 32.1. The van der Waals surface area contributed by atoms with Crippen molar-refractivity contribution in [3.8, 4) is 22.8 Å². The van der Waals surface area contributed by atoms with Crippen LogP contribution in [0.3, 0.4) is 0 Å². The molecule has 0 spiro atoms. The summed E-state index contributed by atoms with van der Waals surface area (Å²) in [6, 6.07) is 5.87. The molecule has 1 aliphatic rings. The lowest BCUT2D eigenvalue weighted by Crippen LogP contribution is -1.93. The van der Waals surface area contributed by atoms with Gasteiger partial charge in [-0.2, -0.15) is 0 Å². The molecule has 0 unspecified atom stereocenters. The first-order valence-corrected chi connectivity index (χ1v) is 6.63. The number of nitrogen functional groups attached to an aromatic ring is 1. The van der Waals surface area contributed by atoms with E-state index in [9.17, 15) is 0 Å². The third-order valence-corrected chi connectivity index (χ3v) is 4.03. The van der Waals surface area contributed by atoms with Crippen molar-refractivity contribution in [3.63, 3.8) is 0 Å². The van der Waals surface area contributed by atoms with Crippen molar-refractivity contribution in [2.75, 3.05) is 12.5 Å². The Morgan fingerprint density at radius 2 is 2.06 bits per heavy atom. The first-order chi connectivity index (χ1) is 8.65. The van der Waals surface area contributed by atoms with E-state index in [4.69, 9.17) is 15.2 Å². The molecule has 3 rings (SSSR count). The Balaban J connectivity index is 2.09. The van der Waals surface area contributed by atoms with Crippen molar-refractivity contribution < 1.29 is 9.47 Å². The van der Waals surface area contributed by atoms with E-state index in [2.05, 4.69) is 18.8 Å². The summed E-state index contributed by atoms with van der Waals surface area (Å²) in [5.74, 6) is 1.96. The molecule has 1 aromatic heterocycles. The van der Waals surface area contributed by atoms with Gasteiger partial charge in [-0.25, -0.2) is 4.98 Å². The zero-order valence-electron chi connectivity index (χ0n) is 10.3. The Kier molecular flexibility index (Phi) is 2.63. The molecule has 2 N–H and O–H groups in total. The highest BCUT2D eigenvalue weighted by Gasteiger charge is 2.18. The predicted octanol–water partition coefficient (Wildman–Crippen LogP) is 3.24. The Hall–Kier alpha value is -1.75. The molecule has 0 radical (unpaired) electrons. The smallest absolute Gasteiger partial charge is 0.231 e. The molecular weight excluding hydrogens is 248 g/mol. The molecule has 0 saturated heterocycles. The maximum absolute atomic E-state index is 5.82. The molecular formula is C13H14N2O2S. The molecule has 5 heteroatoms. The molecule has 0 atom stereocenters. The number of thiazole rings is 1. The summed E-state index contributed by atoms with van der Waals surface area (Å²) >= 11 is 1.55. The first kappa shape index (κ1) is 11.3. The third kappa shape index (κ3) is 1.80. The van der Waals surface area contributed by atoms with Crippen LogP contribution in [0.5, 0.6) is 11.5 Å². The summed E-state index contributed by atoms with van der Waals surface area (Å²) in [6.45, 7) is 4.57. The topological polar surface area (TPSA) is 57.4 Å². The fraction of sp³-hybridized carbons (Fsp3) is 0.308. The van der Waals surface area contributed by atoms with Gasteiger partial charge in [0.25, 0.3) is 0 Å². The summed E-state index contributed by atoms with van der Waals surface area (Å²) in [6.07, 6.45) is 0. The van der Waals surface area contributed by atoms with Crippen LogP contribution in [0.25, 0.3) is 11.3 Å². The van der Waals surface area contributed by atoms with Crippen LogP contribution in [0.2, 0.25) is 0 Å². The molecule has 94 valence electrons. The van der Waals surface area contributed by atoms with Gasteiger partial charge in [-0.15, -0.1) is 11.3 Å². The zero-order valence-corrected chi connectivity index (χ0v) is 11.1. The molecule has 2 heterocycles. The van der Waals surface area contributed by atoms with Gasteiger partial charge < -0.3 is 15.2 Å². The van der Waals surface area contributed by atoms with Gasteiger partial charge >= 0.3 is 0 Å². The van der Waals surface area contributed by atoms with Gasteiger partial charge in [0.2, 0.25) is 6.79 Å². The summed E-state index contributed by atoms with van der Waals surface area (Å²) in [7, 11) is 0. The Labute approximate surface area is 109 Å². The molecule has 1 aromatic carbocycles. The van der Waals surface area contributed by atoms with E-state index in [1.54, 1.807) is 11.3 Å². The van der Waals surface area contributed by atoms with Crippen molar-refractivity contribution in [3.05, 3.63) is 23.1 Å². The Bertz CT molecular complexity index is 593. The number of nitrogens with two attached hydrogens (primary N) is 1. The van der Waals surface area contributed by atoms with Gasteiger partial charge in [-0.05, 0) is 24.1 Å².